The Morgan fingerprint density at radius 1 is 1.16 bits per heavy atom. The summed E-state index contributed by atoms with van der Waals surface area (Å²) in [6.07, 6.45) is 1.05. The first-order valence-corrected chi connectivity index (χ1v) is 10.9. The molecule has 0 aliphatic heterocycles. The van der Waals surface area contributed by atoms with Gasteiger partial charge >= 0.3 is 0 Å². The molecule has 2 aromatic rings. The van der Waals surface area contributed by atoms with Crippen molar-refractivity contribution >= 4 is 45.0 Å². The van der Waals surface area contributed by atoms with Crippen molar-refractivity contribution in [2.45, 2.75) is 5.75 Å². The van der Waals surface area contributed by atoms with Gasteiger partial charge in [0.25, 0.3) is 5.91 Å². The lowest BCUT2D eigenvalue weighted by Gasteiger charge is -2.09. The largest absolute Gasteiger partial charge is 0.351 e. The number of hydrogen-bond acceptors (Lipinski definition) is 4. The monoisotopic (exact) mass is 398 g/mol. The minimum Gasteiger partial charge on any atom is -0.351 e. The average Bonchev–Trinajstić information content (AvgIpc) is 2.54. The first-order chi connectivity index (χ1) is 11.8. The maximum Gasteiger partial charge on any atom is 0.252 e. The van der Waals surface area contributed by atoms with Crippen LogP contribution in [0.5, 0.6) is 0 Å². The molecule has 0 saturated heterocycles. The number of benzene rings is 2. The molecule has 0 fully saturated rings. The number of carbonyl (C=O) groups excluding carboxylic acids is 1. The van der Waals surface area contributed by atoms with Crippen molar-refractivity contribution in [2.75, 3.05) is 23.3 Å². The van der Waals surface area contributed by atoms with Gasteiger partial charge in [-0.05, 0) is 23.8 Å². The Hall–Kier alpha value is -1.70. The SMILES string of the molecule is CS(=O)(=O)Nc1ccc(C(=O)NCCSCc2ccccc2)c(Cl)c1. The number of anilines is 1. The van der Waals surface area contributed by atoms with E-state index in [9.17, 15) is 13.2 Å². The van der Waals surface area contributed by atoms with Crippen LogP contribution in [0.1, 0.15) is 15.9 Å². The lowest BCUT2D eigenvalue weighted by atomic mass is 10.2. The van der Waals surface area contributed by atoms with E-state index in [0.717, 1.165) is 17.8 Å². The molecule has 0 heterocycles. The van der Waals surface area contributed by atoms with Gasteiger partial charge < -0.3 is 5.32 Å². The van der Waals surface area contributed by atoms with Gasteiger partial charge in [0.05, 0.1) is 16.8 Å². The van der Waals surface area contributed by atoms with Crippen LogP contribution in [-0.4, -0.2) is 32.9 Å². The van der Waals surface area contributed by atoms with Crippen molar-refractivity contribution in [2.24, 2.45) is 0 Å². The summed E-state index contributed by atoms with van der Waals surface area (Å²) in [6.45, 7) is 0.524. The molecule has 0 radical (unpaired) electrons. The third kappa shape index (κ3) is 6.97. The fourth-order valence-corrected chi connectivity index (χ4v) is 3.71. The zero-order chi connectivity index (χ0) is 18.3. The highest BCUT2D eigenvalue weighted by Gasteiger charge is 2.11. The van der Waals surface area contributed by atoms with E-state index in [0.29, 0.717) is 17.8 Å². The molecule has 0 spiro atoms. The molecule has 2 aromatic carbocycles. The Bertz CT molecular complexity index is 827. The van der Waals surface area contributed by atoms with Crippen molar-refractivity contribution in [3.63, 3.8) is 0 Å². The molecule has 0 atom stereocenters. The van der Waals surface area contributed by atoms with Crippen LogP contribution in [0.25, 0.3) is 0 Å². The molecule has 0 saturated carbocycles. The molecule has 0 aliphatic carbocycles. The Balaban J connectivity index is 1.80. The van der Waals surface area contributed by atoms with Gasteiger partial charge in [-0.25, -0.2) is 8.42 Å². The second-order valence-corrected chi connectivity index (χ2v) is 8.62. The third-order valence-electron chi connectivity index (χ3n) is 3.16. The van der Waals surface area contributed by atoms with E-state index in [1.807, 2.05) is 18.2 Å². The molecule has 2 rings (SSSR count). The van der Waals surface area contributed by atoms with E-state index >= 15 is 0 Å². The second-order valence-electron chi connectivity index (χ2n) is 5.36. The summed E-state index contributed by atoms with van der Waals surface area (Å²) in [5.41, 5.74) is 1.88. The van der Waals surface area contributed by atoms with E-state index in [4.69, 9.17) is 11.6 Å². The fourth-order valence-electron chi connectivity index (χ4n) is 2.07. The van der Waals surface area contributed by atoms with Crippen LogP contribution in [0.2, 0.25) is 5.02 Å². The molecule has 134 valence electrons. The van der Waals surface area contributed by atoms with Gasteiger partial charge in [0.15, 0.2) is 0 Å². The van der Waals surface area contributed by atoms with Crippen LogP contribution in [0, 0.1) is 0 Å². The summed E-state index contributed by atoms with van der Waals surface area (Å²) in [5.74, 6) is 1.39. The molecule has 0 aromatic heterocycles. The maximum absolute atomic E-state index is 12.2. The van der Waals surface area contributed by atoms with E-state index in [1.54, 1.807) is 11.8 Å². The number of rotatable bonds is 8. The zero-order valence-corrected chi connectivity index (χ0v) is 16.0. The van der Waals surface area contributed by atoms with Crippen LogP contribution in [-0.2, 0) is 15.8 Å². The van der Waals surface area contributed by atoms with Crippen molar-refractivity contribution < 1.29 is 13.2 Å². The first kappa shape index (κ1) is 19.6. The van der Waals surface area contributed by atoms with Crippen LogP contribution in [0.3, 0.4) is 0 Å². The van der Waals surface area contributed by atoms with Gasteiger partial charge in [-0.1, -0.05) is 41.9 Å². The maximum atomic E-state index is 12.2. The first-order valence-electron chi connectivity index (χ1n) is 7.52. The fraction of sp³-hybridized carbons (Fsp3) is 0.235. The minimum absolute atomic E-state index is 0.197. The molecule has 25 heavy (non-hydrogen) atoms. The summed E-state index contributed by atoms with van der Waals surface area (Å²) in [6, 6.07) is 14.5. The summed E-state index contributed by atoms with van der Waals surface area (Å²) >= 11 is 7.80. The topological polar surface area (TPSA) is 75.3 Å². The Labute approximate surface area is 157 Å². The number of carbonyl (C=O) groups is 1. The molecule has 0 bridgehead atoms. The average molecular weight is 399 g/mol. The van der Waals surface area contributed by atoms with Crippen LogP contribution in [0.15, 0.2) is 48.5 Å². The summed E-state index contributed by atoms with van der Waals surface area (Å²) in [7, 11) is -3.38. The highest BCUT2D eigenvalue weighted by atomic mass is 35.5. The summed E-state index contributed by atoms with van der Waals surface area (Å²) in [4.78, 5) is 12.2. The van der Waals surface area contributed by atoms with Crippen molar-refractivity contribution in [3.8, 4) is 0 Å². The predicted octanol–water partition coefficient (Wildman–Crippen LogP) is 3.37. The van der Waals surface area contributed by atoms with Crippen molar-refractivity contribution in [1.29, 1.82) is 0 Å². The van der Waals surface area contributed by atoms with Gasteiger partial charge in [0, 0.05) is 23.7 Å². The predicted molar refractivity (Wildman–Crippen MR) is 105 cm³/mol. The minimum atomic E-state index is -3.38. The Morgan fingerprint density at radius 3 is 2.52 bits per heavy atom. The third-order valence-corrected chi connectivity index (χ3v) is 5.11. The van der Waals surface area contributed by atoms with Gasteiger partial charge in [0.2, 0.25) is 10.0 Å². The normalized spacial score (nSPS) is 11.1. The zero-order valence-electron chi connectivity index (χ0n) is 13.7. The molecular weight excluding hydrogens is 380 g/mol. The van der Waals surface area contributed by atoms with Gasteiger partial charge in [-0.3, -0.25) is 9.52 Å². The molecule has 8 heteroatoms. The summed E-state index contributed by atoms with van der Waals surface area (Å²) in [5, 5.41) is 3.01. The number of hydrogen-bond donors (Lipinski definition) is 2. The van der Waals surface area contributed by atoms with Gasteiger partial charge in [0.1, 0.15) is 0 Å². The van der Waals surface area contributed by atoms with E-state index in [-0.39, 0.29) is 10.9 Å². The molecule has 0 unspecified atom stereocenters. The Kier molecular flexibility index (Phi) is 7.16. The Morgan fingerprint density at radius 2 is 1.88 bits per heavy atom. The van der Waals surface area contributed by atoms with Crippen LogP contribution >= 0.6 is 23.4 Å². The van der Waals surface area contributed by atoms with Crippen molar-refractivity contribution in [3.05, 3.63) is 64.7 Å². The summed E-state index contributed by atoms with van der Waals surface area (Å²) < 4.78 is 24.7. The lowest BCUT2D eigenvalue weighted by Crippen LogP contribution is -2.26. The molecule has 1 amide bonds. The van der Waals surface area contributed by atoms with Gasteiger partial charge in [-0.15, -0.1) is 0 Å². The number of thioether (sulfide) groups is 1. The lowest BCUT2D eigenvalue weighted by molar-refractivity contribution is 0.0956. The molecule has 0 aliphatic rings. The van der Waals surface area contributed by atoms with Crippen LogP contribution < -0.4 is 10.0 Å². The van der Waals surface area contributed by atoms with E-state index < -0.39 is 10.0 Å². The van der Waals surface area contributed by atoms with Crippen molar-refractivity contribution in [1.82, 2.24) is 5.32 Å². The van der Waals surface area contributed by atoms with Crippen LogP contribution in [0.4, 0.5) is 5.69 Å². The number of nitrogens with one attached hydrogen (secondary N) is 2. The molecular formula is C17H19ClN2O3S2. The number of halogens is 1. The van der Waals surface area contributed by atoms with E-state index in [1.165, 1.54) is 23.8 Å². The standard InChI is InChI=1S/C17H19ClN2O3S2/c1-25(22,23)20-14-7-8-15(16(18)11-14)17(21)19-9-10-24-12-13-5-3-2-4-6-13/h2-8,11,20H,9-10,12H2,1H3,(H,19,21). The second kappa shape index (κ2) is 9.12. The smallest absolute Gasteiger partial charge is 0.252 e. The van der Waals surface area contributed by atoms with Gasteiger partial charge in [-0.2, -0.15) is 11.8 Å². The highest BCUT2D eigenvalue weighted by Crippen LogP contribution is 2.21. The number of sulfonamides is 1. The highest BCUT2D eigenvalue weighted by molar-refractivity contribution is 7.98. The van der Waals surface area contributed by atoms with E-state index in [2.05, 4.69) is 22.2 Å². The molecule has 5 nitrogen and oxygen atoms in total. The quantitative estimate of drug-likeness (QED) is 0.668. The molecule has 2 N–H and O–H groups in total. The number of amides is 1.